The van der Waals surface area contributed by atoms with E-state index < -0.39 is 15.9 Å². The van der Waals surface area contributed by atoms with Crippen molar-refractivity contribution in [3.63, 3.8) is 0 Å². The molecule has 10 heteroatoms. The van der Waals surface area contributed by atoms with Crippen LogP contribution in [0.4, 0.5) is 0 Å². The van der Waals surface area contributed by atoms with Crippen molar-refractivity contribution in [2.45, 2.75) is 43.8 Å². The molecule has 3 heterocycles. The van der Waals surface area contributed by atoms with Crippen molar-refractivity contribution >= 4 is 21.6 Å². The number of benzene rings is 1. The first-order valence-corrected chi connectivity index (χ1v) is 12.8. The second-order valence-corrected chi connectivity index (χ2v) is 10.3. The fourth-order valence-corrected chi connectivity index (χ4v) is 5.65. The predicted molar refractivity (Wildman–Crippen MR) is 126 cm³/mol. The van der Waals surface area contributed by atoms with E-state index in [4.69, 9.17) is 4.42 Å². The lowest BCUT2D eigenvalue weighted by Crippen LogP contribution is -2.32. The van der Waals surface area contributed by atoms with E-state index in [0.29, 0.717) is 22.6 Å². The minimum absolute atomic E-state index is 0.0507. The van der Waals surface area contributed by atoms with Crippen molar-refractivity contribution in [2.75, 3.05) is 0 Å². The van der Waals surface area contributed by atoms with Crippen LogP contribution in [0.2, 0.25) is 0 Å². The molecule has 0 unspecified atom stereocenters. The van der Waals surface area contributed by atoms with Crippen molar-refractivity contribution in [1.82, 2.24) is 19.3 Å². The van der Waals surface area contributed by atoms with Gasteiger partial charge < -0.3 is 9.40 Å². The van der Waals surface area contributed by atoms with Crippen molar-refractivity contribution < 1.29 is 17.6 Å². The summed E-state index contributed by atoms with van der Waals surface area (Å²) in [5, 5.41) is 4.15. The number of rotatable bonds is 6. The maximum absolute atomic E-state index is 13.5. The molecule has 1 aromatic carbocycles. The van der Waals surface area contributed by atoms with Crippen molar-refractivity contribution in [3.05, 3.63) is 82.0 Å². The maximum Gasteiger partial charge on any atom is 0.285 e. The molecule has 0 aliphatic heterocycles. The third kappa shape index (κ3) is 4.41. The minimum Gasteiger partial charge on any atom is -0.463 e. The first-order chi connectivity index (χ1) is 16.4. The first-order valence-electron chi connectivity index (χ1n) is 11.2. The van der Waals surface area contributed by atoms with Crippen LogP contribution in [0.25, 0.3) is 17.1 Å². The third-order valence-corrected chi connectivity index (χ3v) is 7.33. The van der Waals surface area contributed by atoms with Crippen molar-refractivity contribution in [3.8, 4) is 11.5 Å². The van der Waals surface area contributed by atoms with Gasteiger partial charge in [-0.2, -0.15) is 9.61 Å². The molecule has 0 radical (unpaired) electrons. The minimum atomic E-state index is -3.95. The van der Waals surface area contributed by atoms with Crippen molar-refractivity contribution in [1.29, 1.82) is 0 Å². The molecule has 3 aromatic heterocycles. The number of carbonyl (C=O) groups excluding carboxylic acids is 1. The highest BCUT2D eigenvalue weighted by Gasteiger charge is 2.27. The molecule has 0 spiro atoms. The number of nitrogens with zero attached hydrogens (tertiary/aromatic N) is 2. The average Bonchev–Trinajstić information content (AvgIpc) is 3.50. The van der Waals surface area contributed by atoms with E-state index in [2.05, 4.69) is 10.1 Å². The number of aromatic nitrogens is 3. The van der Waals surface area contributed by atoms with E-state index in [1.165, 1.54) is 12.3 Å². The average molecular weight is 481 g/mol. The van der Waals surface area contributed by atoms with Crippen molar-refractivity contribution in [2.24, 2.45) is 0 Å². The van der Waals surface area contributed by atoms with Crippen LogP contribution in [0.5, 0.6) is 0 Å². The molecule has 9 nitrogen and oxygen atoms in total. The number of hydrogen-bond acceptors (Lipinski definition) is 6. The standard InChI is InChI=1S/C24H24N4O5S/c29-23(27-34(31,32)15-16-8-3-1-4-9-16)18-14-20-25-22(19-12-7-13-33-19)21(24(30)28(20)26-18)17-10-5-2-6-11-17/h1,3-4,7-9,12-14,17,25H,2,5-6,10-11,15H2,(H,27,29). The molecule has 1 amide bonds. The molecule has 176 valence electrons. The highest BCUT2D eigenvalue weighted by molar-refractivity contribution is 7.89. The molecule has 0 bridgehead atoms. The molecule has 5 rings (SSSR count). The summed E-state index contributed by atoms with van der Waals surface area (Å²) >= 11 is 0. The van der Waals surface area contributed by atoms with Gasteiger partial charge in [-0.15, -0.1) is 0 Å². The zero-order valence-electron chi connectivity index (χ0n) is 18.4. The molecular formula is C24H24N4O5S. The number of amides is 1. The van der Waals surface area contributed by atoms with Gasteiger partial charge in [0.25, 0.3) is 11.5 Å². The van der Waals surface area contributed by atoms with Crippen LogP contribution in [0, 0.1) is 0 Å². The number of H-pyrrole nitrogens is 1. The number of nitrogens with one attached hydrogen (secondary N) is 2. The normalized spacial score (nSPS) is 14.9. The molecule has 1 saturated carbocycles. The Hall–Kier alpha value is -3.66. The fourth-order valence-electron chi connectivity index (χ4n) is 4.56. The van der Waals surface area contributed by atoms with Crippen LogP contribution in [-0.2, 0) is 15.8 Å². The lowest BCUT2D eigenvalue weighted by atomic mass is 9.83. The second-order valence-electron chi connectivity index (χ2n) is 8.53. The number of hydrogen-bond donors (Lipinski definition) is 2. The number of fused-ring (bicyclic) bond motifs is 1. The Morgan fingerprint density at radius 3 is 2.59 bits per heavy atom. The molecule has 2 N–H and O–H groups in total. The van der Waals surface area contributed by atoms with Gasteiger partial charge >= 0.3 is 0 Å². The summed E-state index contributed by atoms with van der Waals surface area (Å²) in [6.45, 7) is 0. The van der Waals surface area contributed by atoms with E-state index in [1.54, 1.807) is 42.5 Å². The number of aromatic amines is 1. The van der Waals surface area contributed by atoms with Gasteiger partial charge in [0.05, 0.1) is 17.7 Å². The number of carbonyl (C=O) groups is 1. The molecule has 0 atom stereocenters. The molecule has 0 saturated heterocycles. The fraction of sp³-hybridized carbons (Fsp3) is 0.292. The molecular weight excluding hydrogens is 456 g/mol. The lowest BCUT2D eigenvalue weighted by molar-refractivity contribution is 0.0976. The van der Waals surface area contributed by atoms with Gasteiger partial charge in [-0.3, -0.25) is 9.59 Å². The predicted octanol–water partition coefficient (Wildman–Crippen LogP) is 3.59. The Kier molecular flexibility index (Phi) is 5.82. The molecule has 1 aliphatic carbocycles. The third-order valence-electron chi connectivity index (χ3n) is 6.12. The van der Waals surface area contributed by atoms with E-state index in [-0.39, 0.29) is 28.6 Å². The van der Waals surface area contributed by atoms with E-state index >= 15 is 0 Å². The SMILES string of the molecule is O=C(NS(=O)(=O)Cc1ccccc1)c1cc2[nH]c(-c3ccco3)c(C3CCCCC3)c(=O)n2n1. The topological polar surface area (TPSA) is 127 Å². The summed E-state index contributed by atoms with van der Waals surface area (Å²) in [7, 11) is -3.95. The quantitative estimate of drug-likeness (QED) is 0.434. The number of sulfonamides is 1. The maximum atomic E-state index is 13.5. The summed E-state index contributed by atoms with van der Waals surface area (Å²) < 4.78 is 33.7. The Morgan fingerprint density at radius 2 is 1.88 bits per heavy atom. The molecule has 1 aliphatic rings. The summed E-state index contributed by atoms with van der Waals surface area (Å²) in [6.07, 6.45) is 6.51. The summed E-state index contributed by atoms with van der Waals surface area (Å²) in [4.78, 5) is 29.4. The van der Waals surface area contributed by atoms with Gasteiger partial charge in [-0.05, 0) is 36.5 Å². The van der Waals surface area contributed by atoms with E-state index in [1.807, 2.05) is 4.72 Å². The zero-order chi connectivity index (χ0) is 23.7. The van der Waals surface area contributed by atoms with Crippen LogP contribution < -0.4 is 10.3 Å². The Morgan fingerprint density at radius 1 is 1.12 bits per heavy atom. The smallest absolute Gasteiger partial charge is 0.285 e. The molecule has 1 fully saturated rings. The Labute approximate surface area is 195 Å². The lowest BCUT2D eigenvalue weighted by Gasteiger charge is -2.23. The van der Waals surface area contributed by atoms with E-state index in [0.717, 1.165) is 36.6 Å². The van der Waals surface area contributed by atoms with Crippen LogP contribution in [0.1, 0.15) is 59.6 Å². The number of furan rings is 1. The van der Waals surface area contributed by atoms with Crippen LogP contribution in [-0.4, -0.2) is 28.9 Å². The monoisotopic (exact) mass is 480 g/mol. The largest absolute Gasteiger partial charge is 0.463 e. The summed E-state index contributed by atoms with van der Waals surface area (Å²) in [5.41, 5.74) is 1.47. The molecule has 34 heavy (non-hydrogen) atoms. The first kappa shape index (κ1) is 22.1. The summed E-state index contributed by atoms with van der Waals surface area (Å²) in [6, 6.07) is 13.4. The Bertz CT molecular complexity index is 1480. The Balaban J connectivity index is 1.51. The van der Waals surface area contributed by atoms with Crippen LogP contribution >= 0.6 is 0 Å². The van der Waals surface area contributed by atoms with Gasteiger partial charge in [-0.25, -0.2) is 13.1 Å². The molecule has 4 aromatic rings. The van der Waals surface area contributed by atoms with Gasteiger partial charge in [0.15, 0.2) is 11.5 Å². The van der Waals surface area contributed by atoms with Gasteiger partial charge in [0, 0.05) is 11.6 Å². The highest BCUT2D eigenvalue weighted by atomic mass is 32.2. The van der Waals surface area contributed by atoms with Crippen LogP contribution in [0.15, 0.2) is 64.0 Å². The zero-order valence-corrected chi connectivity index (χ0v) is 19.2. The highest BCUT2D eigenvalue weighted by Crippen LogP contribution is 2.35. The van der Waals surface area contributed by atoms with Gasteiger partial charge in [0.1, 0.15) is 5.65 Å². The van der Waals surface area contributed by atoms with Crippen LogP contribution in [0.3, 0.4) is 0 Å². The van der Waals surface area contributed by atoms with Gasteiger partial charge in [-0.1, -0.05) is 49.6 Å². The van der Waals surface area contributed by atoms with Gasteiger partial charge in [0.2, 0.25) is 10.0 Å². The summed E-state index contributed by atoms with van der Waals surface area (Å²) in [5.74, 6) is -0.667. The van der Waals surface area contributed by atoms with E-state index in [9.17, 15) is 18.0 Å². The second kappa shape index (κ2) is 8.94.